The number of amides is 2. The summed E-state index contributed by atoms with van der Waals surface area (Å²) in [5.74, 6) is 1.54. The van der Waals surface area contributed by atoms with Crippen LogP contribution >= 0.6 is 11.8 Å². The normalized spacial score (nSPS) is 12.8. The van der Waals surface area contributed by atoms with Gasteiger partial charge in [-0.25, -0.2) is 0 Å². The van der Waals surface area contributed by atoms with Crippen molar-refractivity contribution in [2.75, 3.05) is 5.75 Å². The molecule has 0 bridgehead atoms. The van der Waals surface area contributed by atoms with E-state index in [9.17, 15) is 9.59 Å². The van der Waals surface area contributed by atoms with E-state index in [2.05, 4.69) is 23.5 Å². The molecule has 0 aliphatic rings. The lowest BCUT2D eigenvalue weighted by molar-refractivity contribution is -0.140. The molecule has 0 aliphatic carbocycles. The quantitative estimate of drug-likeness (QED) is 0.517. The van der Waals surface area contributed by atoms with Gasteiger partial charge in [-0.3, -0.25) is 9.59 Å². The smallest absolute Gasteiger partial charge is 0.242 e. The highest BCUT2D eigenvalue weighted by atomic mass is 32.2. The molecule has 2 amide bonds. The molecule has 0 heterocycles. The summed E-state index contributed by atoms with van der Waals surface area (Å²) in [6.07, 6.45) is 1.28. The molecule has 30 heavy (non-hydrogen) atoms. The van der Waals surface area contributed by atoms with E-state index in [-0.39, 0.29) is 17.9 Å². The van der Waals surface area contributed by atoms with Crippen molar-refractivity contribution in [2.24, 2.45) is 0 Å². The molecule has 1 N–H and O–H groups in total. The Bertz CT molecular complexity index is 810. The van der Waals surface area contributed by atoms with Gasteiger partial charge >= 0.3 is 0 Å². The lowest BCUT2D eigenvalue weighted by Crippen LogP contribution is -2.49. The number of rotatable bonds is 11. The van der Waals surface area contributed by atoms with E-state index < -0.39 is 6.04 Å². The first-order valence-electron chi connectivity index (χ1n) is 10.7. The number of hydrogen-bond acceptors (Lipinski definition) is 3. The number of nitrogens with zero attached hydrogens (tertiary/aromatic N) is 1. The summed E-state index contributed by atoms with van der Waals surface area (Å²) in [7, 11) is 0. The van der Waals surface area contributed by atoms with E-state index in [4.69, 9.17) is 0 Å². The molecule has 0 fully saturated rings. The fourth-order valence-corrected chi connectivity index (χ4v) is 4.01. The van der Waals surface area contributed by atoms with Crippen molar-refractivity contribution < 1.29 is 9.59 Å². The third kappa shape index (κ3) is 7.86. The predicted octanol–water partition coefficient (Wildman–Crippen LogP) is 4.95. The number of hydrogen-bond donors (Lipinski definition) is 1. The average Bonchev–Trinajstić information content (AvgIpc) is 2.75. The lowest BCUT2D eigenvalue weighted by Gasteiger charge is -2.30. The monoisotopic (exact) mass is 426 g/mol. The number of aryl methyl sites for hydroxylation is 1. The molecule has 162 valence electrons. The Hall–Kier alpha value is -2.27. The van der Waals surface area contributed by atoms with Gasteiger partial charge in [-0.2, -0.15) is 11.8 Å². The molecular formula is C25H34N2O2S. The van der Waals surface area contributed by atoms with Gasteiger partial charge < -0.3 is 10.2 Å². The molecule has 2 aromatic carbocycles. The van der Waals surface area contributed by atoms with Crippen molar-refractivity contribution in [3.05, 3.63) is 71.3 Å². The van der Waals surface area contributed by atoms with E-state index in [1.807, 2.05) is 64.1 Å². The highest BCUT2D eigenvalue weighted by Gasteiger charge is 2.26. The molecule has 0 unspecified atom stereocenters. The van der Waals surface area contributed by atoms with Crippen LogP contribution in [0.5, 0.6) is 0 Å². The SMILES string of the molecule is CC[C@H](C)NC(=O)[C@H](C)N(Cc1cccc(C)c1)C(=O)CCSCc1ccccc1. The number of benzene rings is 2. The number of thioether (sulfide) groups is 1. The van der Waals surface area contributed by atoms with E-state index in [0.717, 1.165) is 29.1 Å². The summed E-state index contributed by atoms with van der Waals surface area (Å²) < 4.78 is 0. The van der Waals surface area contributed by atoms with Crippen LogP contribution in [0.25, 0.3) is 0 Å². The van der Waals surface area contributed by atoms with Crippen molar-refractivity contribution in [3.8, 4) is 0 Å². The second-order valence-electron chi connectivity index (χ2n) is 7.79. The van der Waals surface area contributed by atoms with Crippen LogP contribution < -0.4 is 5.32 Å². The van der Waals surface area contributed by atoms with Crippen LogP contribution in [0.15, 0.2) is 54.6 Å². The van der Waals surface area contributed by atoms with Gasteiger partial charge in [0, 0.05) is 30.5 Å². The molecule has 0 radical (unpaired) electrons. The fraction of sp³-hybridized carbons (Fsp3) is 0.440. The summed E-state index contributed by atoms with van der Waals surface area (Å²) in [6.45, 7) is 8.32. The number of carbonyl (C=O) groups is 2. The van der Waals surface area contributed by atoms with Gasteiger partial charge in [-0.05, 0) is 38.3 Å². The largest absolute Gasteiger partial charge is 0.352 e. The molecular weight excluding hydrogens is 392 g/mol. The first-order valence-corrected chi connectivity index (χ1v) is 11.8. The second kappa shape index (κ2) is 12.4. The minimum atomic E-state index is -0.508. The summed E-state index contributed by atoms with van der Waals surface area (Å²) in [5, 5.41) is 3.01. The maximum atomic E-state index is 13.1. The first-order chi connectivity index (χ1) is 14.4. The molecule has 2 rings (SSSR count). The van der Waals surface area contributed by atoms with E-state index in [1.54, 1.807) is 16.7 Å². The van der Waals surface area contributed by atoms with Gasteiger partial charge in [0.15, 0.2) is 0 Å². The van der Waals surface area contributed by atoms with Crippen LogP contribution in [0.4, 0.5) is 0 Å². The van der Waals surface area contributed by atoms with Crippen LogP contribution in [0.3, 0.4) is 0 Å². The topological polar surface area (TPSA) is 49.4 Å². The highest BCUT2D eigenvalue weighted by Crippen LogP contribution is 2.16. The summed E-state index contributed by atoms with van der Waals surface area (Å²) in [4.78, 5) is 27.5. The van der Waals surface area contributed by atoms with E-state index in [0.29, 0.717) is 13.0 Å². The van der Waals surface area contributed by atoms with E-state index in [1.165, 1.54) is 5.56 Å². The Balaban J connectivity index is 2.01. The van der Waals surface area contributed by atoms with Crippen molar-refractivity contribution in [1.82, 2.24) is 10.2 Å². The summed E-state index contributed by atoms with van der Waals surface area (Å²) in [6, 6.07) is 18.0. The molecule has 2 aromatic rings. The van der Waals surface area contributed by atoms with Gasteiger partial charge in [0.1, 0.15) is 6.04 Å². The van der Waals surface area contributed by atoms with Crippen LogP contribution in [0.2, 0.25) is 0 Å². The van der Waals surface area contributed by atoms with Gasteiger partial charge in [0.2, 0.25) is 11.8 Å². The minimum Gasteiger partial charge on any atom is -0.352 e. The molecule has 0 aromatic heterocycles. The standard InChI is InChI=1S/C25H34N2O2S/c1-5-20(3)26-25(29)21(4)27(17-23-13-9-10-19(2)16-23)24(28)14-15-30-18-22-11-7-6-8-12-22/h6-13,16,20-21H,5,14-15,17-18H2,1-4H3,(H,26,29)/t20-,21-/m0/s1. The number of nitrogens with one attached hydrogen (secondary N) is 1. The molecule has 0 aliphatic heterocycles. The zero-order valence-corrected chi connectivity index (χ0v) is 19.4. The fourth-order valence-electron chi connectivity index (χ4n) is 3.12. The minimum absolute atomic E-state index is 0.0175. The third-order valence-corrected chi connectivity index (χ3v) is 6.21. The van der Waals surface area contributed by atoms with Crippen molar-refractivity contribution in [1.29, 1.82) is 0 Å². The Morgan fingerprint density at radius 3 is 2.40 bits per heavy atom. The molecule has 0 saturated carbocycles. The van der Waals surface area contributed by atoms with Crippen LogP contribution in [-0.2, 0) is 21.9 Å². The Morgan fingerprint density at radius 2 is 1.73 bits per heavy atom. The maximum absolute atomic E-state index is 13.1. The van der Waals surface area contributed by atoms with Crippen LogP contribution in [-0.4, -0.2) is 34.6 Å². The zero-order valence-electron chi connectivity index (χ0n) is 18.6. The number of carbonyl (C=O) groups excluding carboxylic acids is 2. The van der Waals surface area contributed by atoms with Crippen molar-refractivity contribution in [2.45, 2.75) is 64.9 Å². The highest BCUT2D eigenvalue weighted by molar-refractivity contribution is 7.98. The third-order valence-electron chi connectivity index (χ3n) is 5.18. The van der Waals surface area contributed by atoms with Crippen molar-refractivity contribution >= 4 is 23.6 Å². The van der Waals surface area contributed by atoms with Gasteiger partial charge in [0.05, 0.1) is 0 Å². The molecule has 4 nitrogen and oxygen atoms in total. The molecule has 0 saturated heterocycles. The van der Waals surface area contributed by atoms with Crippen molar-refractivity contribution in [3.63, 3.8) is 0 Å². The zero-order chi connectivity index (χ0) is 21.9. The van der Waals surface area contributed by atoms with Gasteiger partial charge in [-0.1, -0.05) is 67.1 Å². The van der Waals surface area contributed by atoms with Gasteiger partial charge in [0.25, 0.3) is 0 Å². The van der Waals surface area contributed by atoms with Gasteiger partial charge in [-0.15, -0.1) is 0 Å². The predicted molar refractivity (Wildman–Crippen MR) is 126 cm³/mol. The van der Waals surface area contributed by atoms with E-state index >= 15 is 0 Å². The maximum Gasteiger partial charge on any atom is 0.242 e. The second-order valence-corrected chi connectivity index (χ2v) is 8.90. The average molecular weight is 427 g/mol. The Kier molecular flexibility index (Phi) is 9.95. The van der Waals surface area contributed by atoms with Crippen LogP contribution in [0, 0.1) is 6.92 Å². The Labute approximate surface area is 185 Å². The molecule has 0 spiro atoms. The molecule has 2 atom stereocenters. The lowest BCUT2D eigenvalue weighted by atomic mass is 10.1. The summed E-state index contributed by atoms with van der Waals surface area (Å²) in [5.41, 5.74) is 3.45. The van der Waals surface area contributed by atoms with Crippen LogP contribution in [0.1, 0.15) is 50.3 Å². The first kappa shape index (κ1) is 24.0. The molecule has 5 heteroatoms. The summed E-state index contributed by atoms with van der Waals surface area (Å²) >= 11 is 1.75. The Morgan fingerprint density at radius 1 is 1.03 bits per heavy atom.